The van der Waals surface area contributed by atoms with E-state index in [0.29, 0.717) is 5.69 Å². The number of hydrogen-bond acceptors (Lipinski definition) is 2. The molecule has 3 nitrogen and oxygen atoms in total. The van der Waals surface area contributed by atoms with E-state index in [0.717, 1.165) is 18.3 Å². The summed E-state index contributed by atoms with van der Waals surface area (Å²) in [5.74, 6) is 0. The maximum atomic E-state index is 12.5. The second kappa shape index (κ2) is 3.62. The number of hydrogen-bond donors (Lipinski definition) is 0. The summed E-state index contributed by atoms with van der Waals surface area (Å²) in [6, 6.07) is 3.57. The molecule has 0 aromatic carbocycles. The summed E-state index contributed by atoms with van der Waals surface area (Å²) < 4.78 is 38.9. The van der Waals surface area contributed by atoms with Crippen LogP contribution in [0.1, 0.15) is 5.56 Å². The first kappa shape index (κ1) is 10.7. The minimum atomic E-state index is -4.35. The molecule has 0 amide bonds. The predicted molar refractivity (Wildman–Crippen MR) is 51.4 cm³/mol. The first-order valence-corrected chi connectivity index (χ1v) is 4.50. The summed E-state index contributed by atoms with van der Waals surface area (Å²) in [7, 11) is 1.65. The molecule has 0 saturated carbocycles. The van der Waals surface area contributed by atoms with Crippen LogP contribution in [0, 0.1) is 0 Å². The molecular weight excluding hydrogens is 219 g/mol. The lowest BCUT2D eigenvalue weighted by Crippen LogP contribution is -2.06. The molecule has 0 radical (unpaired) electrons. The zero-order chi connectivity index (χ0) is 11.8. The Morgan fingerprint density at radius 3 is 2.50 bits per heavy atom. The lowest BCUT2D eigenvalue weighted by Gasteiger charge is -2.07. The summed E-state index contributed by atoms with van der Waals surface area (Å²) in [6.45, 7) is 0. The number of aryl methyl sites for hydroxylation is 1. The number of rotatable bonds is 1. The molecule has 0 aliphatic heterocycles. The number of pyridine rings is 1. The Kier molecular flexibility index (Phi) is 2.41. The van der Waals surface area contributed by atoms with Gasteiger partial charge < -0.3 is 0 Å². The Balaban J connectivity index is 2.49. The van der Waals surface area contributed by atoms with Gasteiger partial charge >= 0.3 is 6.18 Å². The van der Waals surface area contributed by atoms with Gasteiger partial charge in [-0.05, 0) is 18.2 Å². The molecule has 0 aliphatic carbocycles. The maximum absolute atomic E-state index is 12.5. The van der Waals surface area contributed by atoms with Crippen molar-refractivity contribution in [3.8, 4) is 11.4 Å². The highest BCUT2D eigenvalue weighted by Crippen LogP contribution is 2.30. The standard InChI is InChI=1S/C10H8F3N3/c1-16-9(3-5-15-16)8-6-7(2-4-14-8)10(11,12)13/h2-6H,1H3. The first-order valence-electron chi connectivity index (χ1n) is 4.50. The van der Waals surface area contributed by atoms with Crippen molar-refractivity contribution in [2.45, 2.75) is 6.18 Å². The minimum absolute atomic E-state index is 0.259. The summed E-state index contributed by atoms with van der Waals surface area (Å²) in [6.07, 6.45) is -1.70. The van der Waals surface area contributed by atoms with Crippen LogP contribution in [0.4, 0.5) is 13.2 Å². The highest BCUT2D eigenvalue weighted by atomic mass is 19.4. The molecule has 2 aromatic heterocycles. The zero-order valence-corrected chi connectivity index (χ0v) is 8.36. The molecule has 0 aliphatic rings. The highest BCUT2D eigenvalue weighted by Gasteiger charge is 2.30. The molecule has 6 heteroatoms. The number of alkyl halides is 3. The molecule has 0 fully saturated rings. The summed E-state index contributed by atoms with van der Waals surface area (Å²) in [5.41, 5.74) is 0.0969. The van der Waals surface area contributed by atoms with Crippen LogP contribution < -0.4 is 0 Å². The molecule has 0 saturated heterocycles. The van der Waals surface area contributed by atoms with E-state index in [1.807, 2.05) is 0 Å². The third kappa shape index (κ3) is 1.91. The summed E-state index contributed by atoms with van der Waals surface area (Å²) in [4.78, 5) is 3.90. The smallest absolute Gasteiger partial charge is 0.266 e. The highest BCUT2D eigenvalue weighted by molar-refractivity contribution is 5.55. The predicted octanol–water partition coefficient (Wildman–Crippen LogP) is 2.50. The van der Waals surface area contributed by atoms with Crippen molar-refractivity contribution in [1.29, 1.82) is 0 Å². The van der Waals surface area contributed by atoms with Crippen molar-refractivity contribution in [2.75, 3.05) is 0 Å². The van der Waals surface area contributed by atoms with Crippen molar-refractivity contribution < 1.29 is 13.2 Å². The fourth-order valence-electron chi connectivity index (χ4n) is 1.37. The van der Waals surface area contributed by atoms with Crippen LogP contribution in [0.3, 0.4) is 0 Å². The summed E-state index contributed by atoms with van der Waals surface area (Å²) >= 11 is 0. The lowest BCUT2D eigenvalue weighted by atomic mass is 10.2. The van der Waals surface area contributed by atoms with Gasteiger partial charge in [-0.15, -0.1) is 0 Å². The summed E-state index contributed by atoms with van der Waals surface area (Å²) in [5, 5.41) is 3.88. The lowest BCUT2D eigenvalue weighted by molar-refractivity contribution is -0.137. The van der Waals surface area contributed by atoms with Gasteiger partial charge in [-0.1, -0.05) is 0 Å². The van der Waals surface area contributed by atoms with Crippen LogP contribution in [0.15, 0.2) is 30.6 Å². The van der Waals surface area contributed by atoms with E-state index in [9.17, 15) is 13.2 Å². The van der Waals surface area contributed by atoms with Crippen LogP contribution in [0.25, 0.3) is 11.4 Å². The topological polar surface area (TPSA) is 30.7 Å². The molecule has 2 aromatic rings. The second-order valence-corrected chi connectivity index (χ2v) is 3.27. The maximum Gasteiger partial charge on any atom is 0.416 e. The van der Waals surface area contributed by atoms with Crippen LogP contribution in [-0.4, -0.2) is 14.8 Å². The van der Waals surface area contributed by atoms with Crippen LogP contribution in [0.5, 0.6) is 0 Å². The molecule has 2 rings (SSSR count). The zero-order valence-electron chi connectivity index (χ0n) is 8.36. The van der Waals surface area contributed by atoms with Gasteiger partial charge in [0, 0.05) is 19.4 Å². The number of nitrogens with zero attached hydrogens (tertiary/aromatic N) is 3. The minimum Gasteiger partial charge on any atom is -0.266 e. The van der Waals surface area contributed by atoms with Crippen molar-refractivity contribution in [1.82, 2.24) is 14.8 Å². The Morgan fingerprint density at radius 2 is 1.94 bits per heavy atom. The molecule has 0 N–H and O–H groups in total. The van der Waals surface area contributed by atoms with Crippen molar-refractivity contribution in [2.24, 2.45) is 7.05 Å². The van der Waals surface area contributed by atoms with E-state index in [-0.39, 0.29) is 5.69 Å². The average Bonchev–Trinajstić information content (AvgIpc) is 2.63. The van der Waals surface area contributed by atoms with Crippen LogP contribution >= 0.6 is 0 Å². The average molecular weight is 227 g/mol. The van der Waals surface area contributed by atoms with E-state index < -0.39 is 11.7 Å². The normalized spacial score (nSPS) is 11.8. The van der Waals surface area contributed by atoms with Gasteiger partial charge in [-0.2, -0.15) is 18.3 Å². The largest absolute Gasteiger partial charge is 0.416 e. The van der Waals surface area contributed by atoms with E-state index in [1.54, 1.807) is 13.1 Å². The Labute approximate surface area is 89.5 Å². The number of halogens is 3. The van der Waals surface area contributed by atoms with E-state index >= 15 is 0 Å². The molecular formula is C10H8F3N3. The van der Waals surface area contributed by atoms with Gasteiger partial charge in [0.15, 0.2) is 0 Å². The van der Waals surface area contributed by atoms with Gasteiger partial charge in [-0.25, -0.2) is 0 Å². The second-order valence-electron chi connectivity index (χ2n) is 3.27. The van der Waals surface area contributed by atoms with Crippen LogP contribution in [-0.2, 0) is 13.2 Å². The Bertz CT molecular complexity index is 502. The third-order valence-electron chi connectivity index (χ3n) is 2.17. The quantitative estimate of drug-likeness (QED) is 0.749. The Morgan fingerprint density at radius 1 is 1.19 bits per heavy atom. The van der Waals surface area contributed by atoms with Crippen molar-refractivity contribution >= 4 is 0 Å². The molecule has 16 heavy (non-hydrogen) atoms. The van der Waals surface area contributed by atoms with Crippen LogP contribution in [0.2, 0.25) is 0 Å². The van der Waals surface area contributed by atoms with Crippen molar-refractivity contribution in [3.63, 3.8) is 0 Å². The van der Waals surface area contributed by atoms with Gasteiger partial charge in [-0.3, -0.25) is 9.67 Å². The molecule has 0 unspecified atom stereocenters. The first-order chi connectivity index (χ1) is 7.48. The van der Waals surface area contributed by atoms with E-state index in [4.69, 9.17) is 0 Å². The van der Waals surface area contributed by atoms with Gasteiger partial charge in [0.2, 0.25) is 0 Å². The molecule has 0 bridgehead atoms. The van der Waals surface area contributed by atoms with Gasteiger partial charge in [0.1, 0.15) is 0 Å². The van der Waals surface area contributed by atoms with Crippen molar-refractivity contribution in [3.05, 3.63) is 36.2 Å². The molecule has 0 spiro atoms. The SMILES string of the molecule is Cn1nccc1-c1cc(C(F)(F)F)ccn1. The molecule has 84 valence electrons. The van der Waals surface area contributed by atoms with E-state index in [1.165, 1.54) is 10.9 Å². The van der Waals surface area contributed by atoms with E-state index in [2.05, 4.69) is 10.1 Å². The fourth-order valence-corrected chi connectivity index (χ4v) is 1.37. The monoisotopic (exact) mass is 227 g/mol. The Hall–Kier alpha value is -1.85. The third-order valence-corrected chi connectivity index (χ3v) is 2.17. The number of aromatic nitrogens is 3. The fraction of sp³-hybridized carbons (Fsp3) is 0.200. The van der Waals surface area contributed by atoms with Gasteiger partial charge in [0.05, 0.1) is 17.0 Å². The molecule has 2 heterocycles. The molecule has 0 atom stereocenters. The van der Waals surface area contributed by atoms with Gasteiger partial charge in [0.25, 0.3) is 0 Å².